The minimum atomic E-state index is -5.08. The zero-order chi connectivity index (χ0) is 28.9. The lowest BCUT2D eigenvalue weighted by molar-refractivity contribution is -0.193. The standard InChI is InChI=1S/C26H29ClN2O.C2HF3O2.CO2/c27-25-22(19-6-7-19)14-18(15-23(25)20-8-9-20)17-29-12-10-26(11-13-29)16-24(28-30-26)21-4-2-1-3-5-21;3-2(4,5)1(6)7;2-1-3/h1-5,14-15,19-20H,6-13,16-17H2;(H,6,7);. The Hall–Kier alpha value is -3.20. The monoisotopic (exact) mass is 578 g/mol. The molecule has 0 aromatic heterocycles. The first kappa shape index (κ1) is 29.8. The topological polar surface area (TPSA) is 96.3 Å². The van der Waals surface area contributed by atoms with Crippen molar-refractivity contribution in [2.75, 3.05) is 13.1 Å². The molecule has 6 rings (SSSR count). The number of halogens is 4. The molecule has 2 aromatic rings. The van der Waals surface area contributed by atoms with Crippen molar-refractivity contribution in [3.8, 4) is 0 Å². The molecule has 2 aliphatic heterocycles. The van der Waals surface area contributed by atoms with Gasteiger partial charge in [0.2, 0.25) is 0 Å². The minimum Gasteiger partial charge on any atom is -0.475 e. The number of likely N-dealkylation sites (tertiary alicyclic amines) is 1. The van der Waals surface area contributed by atoms with E-state index >= 15 is 0 Å². The third-order valence-corrected chi connectivity index (χ3v) is 8.02. The van der Waals surface area contributed by atoms with Crippen LogP contribution in [0.5, 0.6) is 0 Å². The Morgan fingerprint density at radius 3 is 2.00 bits per heavy atom. The van der Waals surface area contributed by atoms with Crippen LogP contribution in [0.2, 0.25) is 5.02 Å². The minimum absolute atomic E-state index is 0.0972. The van der Waals surface area contributed by atoms with E-state index in [1.165, 1.54) is 47.9 Å². The average Bonchev–Trinajstić information content (AvgIpc) is 3.86. The van der Waals surface area contributed by atoms with E-state index in [0.29, 0.717) is 11.8 Å². The van der Waals surface area contributed by atoms with Crippen molar-refractivity contribution in [1.82, 2.24) is 4.90 Å². The predicted octanol–water partition coefficient (Wildman–Crippen LogP) is 6.30. The lowest BCUT2D eigenvalue weighted by atomic mass is 9.85. The van der Waals surface area contributed by atoms with E-state index in [9.17, 15) is 13.2 Å². The Labute approximate surface area is 234 Å². The lowest BCUT2D eigenvalue weighted by Crippen LogP contribution is -2.44. The van der Waals surface area contributed by atoms with Gasteiger partial charge in [-0.3, -0.25) is 4.90 Å². The molecule has 2 saturated carbocycles. The van der Waals surface area contributed by atoms with E-state index in [1.54, 1.807) is 0 Å². The number of oxime groups is 1. The van der Waals surface area contributed by atoms with Gasteiger partial charge in [0, 0.05) is 43.9 Å². The Morgan fingerprint density at radius 2 is 1.55 bits per heavy atom. The molecule has 2 aliphatic carbocycles. The first-order valence-electron chi connectivity index (χ1n) is 13.2. The molecule has 2 aromatic carbocycles. The van der Waals surface area contributed by atoms with Gasteiger partial charge in [0.15, 0.2) is 0 Å². The fourth-order valence-electron chi connectivity index (χ4n) is 5.16. The molecule has 0 amide bonds. The fraction of sp³-hybridized carbons (Fsp3) is 0.483. The van der Waals surface area contributed by atoms with E-state index in [4.69, 9.17) is 35.9 Å². The van der Waals surface area contributed by atoms with Crippen LogP contribution in [0.15, 0.2) is 47.6 Å². The highest BCUT2D eigenvalue weighted by Crippen LogP contribution is 2.50. The number of hydrogen-bond donors (Lipinski definition) is 1. The number of carbonyl (C=O) groups is 1. The van der Waals surface area contributed by atoms with Crippen LogP contribution in [0.1, 0.15) is 79.0 Å². The largest absolute Gasteiger partial charge is 0.490 e. The quantitative estimate of drug-likeness (QED) is 0.447. The van der Waals surface area contributed by atoms with Gasteiger partial charge in [-0.15, -0.1) is 0 Å². The molecule has 11 heteroatoms. The highest BCUT2D eigenvalue weighted by atomic mass is 35.5. The summed E-state index contributed by atoms with van der Waals surface area (Å²) in [6.07, 6.45) is 3.42. The molecule has 1 saturated heterocycles. The second kappa shape index (κ2) is 12.5. The summed E-state index contributed by atoms with van der Waals surface area (Å²) < 4.78 is 31.7. The Kier molecular flexibility index (Phi) is 9.33. The number of aliphatic carboxylic acids is 1. The van der Waals surface area contributed by atoms with Gasteiger partial charge >= 0.3 is 18.3 Å². The van der Waals surface area contributed by atoms with E-state index in [1.807, 2.05) is 6.07 Å². The van der Waals surface area contributed by atoms with Crippen LogP contribution in [-0.2, 0) is 25.8 Å². The zero-order valence-electron chi connectivity index (χ0n) is 21.8. The highest BCUT2D eigenvalue weighted by Gasteiger charge is 2.42. The molecule has 214 valence electrons. The smallest absolute Gasteiger partial charge is 0.475 e. The highest BCUT2D eigenvalue weighted by molar-refractivity contribution is 6.32. The maximum Gasteiger partial charge on any atom is 0.490 e. The van der Waals surface area contributed by atoms with Crippen molar-refractivity contribution in [3.63, 3.8) is 0 Å². The van der Waals surface area contributed by atoms with Gasteiger partial charge in [0.05, 0.1) is 5.71 Å². The van der Waals surface area contributed by atoms with Crippen molar-refractivity contribution in [2.45, 2.75) is 75.1 Å². The number of piperidine rings is 1. The van der Waals surface area contributed by atoms with Crippen LogP contribution in [0.4, 0.5) is 13.2 Å². The molecule has 7 nitrogen and oxygen atoms in total. The van der Waals surface area contributed by atoms with Crippen LogP contribution >= 0.6 is 11.6 Å². The number of rotatable bonds is 5. The third-order valence-electron chi connectivity index (χ3n) is 7.59. The molecular weight excluding hydrogens is 549 g/mol. The molecule has 3 fully saturated rings. The average molecular weight is 579 g/mol. The van der Waals surface area contributed by atoms with Crippen molar-refractivity contribution >= 4 is 29.4 Å². The van der Waals surface area contributed by atoms with Crippen LogP contribution in [-0.4, -0.2) is 52.7 Å². The van der Waals surface area contributed by atoms with Crippen molar-refractivity contribution in [3.05, 3.63) is 69.7 Å². The second-order valence-electron chi connectivity index (χ2n) is 10.7. The molecular formula is C29H30ClF3N2O5. The molecule has 1 spiro atoms. The molecule has 2 heterocycles. The SMILES string of the molecule is Clc1c(C2CC2)cc(CN2CCC3(CC2)CC(c2ccccc2)=NO3)cc1C1CC1.O=C(O)C(F)(F)F.O=C=O. The van der Waals surface area contributed by atoms with Crippen molar-refractivity contribution in [1.29, 1.82) is 0 Å². The molecule has 0 radical (unpaired) electrons. The maximum atomic E-state index is 10.6. The predicted molar refractivity (Wildman–Crippen MR) is 140 cm³/mol. The van der Waals surface area contributed by atoms with Gasteiger partial charge in [-0.2, -0.15) is 22.8 Å². The molecule has 0 bridgehead atoms. The number of carbonyl (C=O) groups excluding carboxylic acids is 2. The number of carboxylic acids is 1. The third kappa shape index (κ3) is 7.71. The summed E-state index contributed by atoms with van der Waals surface area (Å²) in [4.78, 5) is 33.8. The molecule has 0 atom stereocenters. The first-order chi connectivity index (χ1) is 19.0. The first-order valence-corrected chi connectivity index (χ1v) is 13.6. The number of alkyl halides is 3. The summed E-state index contributed by atoms with van der Waals surface area (Å²) in [5, 5.41) is 12.7. The zero-order valence-corrected chi connectivity index (χ0v) is 22.5. The molecule has 4 aliphatic rings. The van der Waals surface area contributed by atoms with E-state index < -0.39 is 12.1 Å². The van der Waals surface area contributed by atoms with Crippen molar-refractivity contribution in [2.24, 2.45) is 5.16 Å². The number of nitrogens with zero attached hydrogens (tertiary/aromatic N) is 2. The summed E-state index contributed by atoms with van der Waals surface area (Å²) in [5.41, 5.74) is 6.49. The Morgan fingerprint density at radius 1 is 1.05 bits per heavy atom. The van der Waals surface area contributed by atoms with Gasteiger partial charge < -0.3 is 9.94 Å². The second-order valence-corrected chi connectivity index (χ2v) is 11.0. The van der Waals surface area contributed by atoms with Gasteiger partial charge in [-0.1, -0.05) is 59.2 Å². The van der Waals surface area contributed by atoms with Crippen LogP contribution in [0.3, 0.4) is 0 Å². The number of hydrogen-bond acceptors (Lipinski definition) is 6. The van der Waals surface area contributed by atoms with Gasteiger partial charge in [0.25, 0.3) is 0 Å². The van der Waals surface area contributed by atoms with Crippen LogP contribution in [0.25, 0.3) is 0 Å². The van der Waals surface area contributed by atoms with Gasteiger partial charge in [-0.05, 0) is 59.8 Å². The van der Waals surface area contributed by atoms with Gasteiger partial charge in [-0.25, -0.2) is 4.79 Å². The summed E-state index contributed by atoms with van der Waals surface area (Å²) in [6, 6.07) is 15.3. The summed E-state index contributed by atoms with van der Waals surface area (Å²) in [5.74, 6) is -1.34. The Balaban J connectivity index is 0.000000321. The lowest BCUT2D eigenvalue weighted by Gasteiger charge is -2.37. The van der Waals surface area contributed by atoms with Crippen molar-refractivity contribution < 1.29 is 37.5 Å². The summed E-state index contributed by atoms with van der Waals surface area (Å²) in [7, 11) is 0. The molecule has 1 N–H and O–H groups in total. The summed E-state index contributed by atoms with van der Waals surface area (Å²) >= 11 is 6.80. The normalized spacial score (nSPS) is 19.8. The van der Waals surface area contributed by atoms with E-state index in [-0.39, 0.29) is 11.8 Å². The van der Waals surface area contributed by atoms with E-state index in [2.05, 4.69) is 46.5 Å². The van der Waals surface area contributed by atoms with Crippen LogP contribution in [0, 0.1) is 0 Å². The molecule has 40 heavy (non-hydrogen) atoms. The Bertz CT molecular complexity index is 1230. The van der Waals surface area contributed by atoms with E-state index in [0.717, 1.165) is 49.6 Å². The fourth-order valence-corrected chi connectivity index (χ4v) is 5.58. The number of benzene rings is 2. The number of carboxylic acid groups (broad SMARTS) is 1. The molecule has 0 unspecified atom stereocenters. The van der Waals surface area contributed by atoms with Crippen LogP contribution < -0.4 is 0 Å². The van der Waals surface area contributed by atoms with Gasteiger partial charge in [0.1, 0.15) is 5.60 Å². The maximum absolute atomic E-state index is 10.6. The summed E-state index contributed by atoms with van der Waals surface area (Å²) in [6.45, 7) is 3.16.